The second kappa shape index (κ2) is 4.11. The van der Waals surface area contributed by atoms with Gasteiger partial charge in [-0.15, -0.1) is 10.2 Å². The minimum absolute atomic E-state index is 0.410. The summed E-state index contributed by atoms with van der Waals surface area (Å²) < 4.78 is 2.85. The average molecular weight is 273 g/mol. The van der Waals surface area contributed by atoms with E-state index in [-0.39, 0.29) is 0 Å². The van der Waals surface area contributed by atoms with Crippen LogP contribution in [0.5, 0.6) is 0 Å². The first kappa shape index (κ1) is 9.68. The zero-order valence-electron chi connectivity index (χ0n) is 7.19. The molecule has 0 amide bonds. The van der Waals surface area contributed by atoms with Gasteiger partial charge in [0.1, 0.15) is 6.33 Å². The molecule has 0 radical (unpaired) electrons. The molecule has 0 aliphatic heterocycles. The van der Waals surface area contributed by atoms with Crippen LogP contribution >= 0.6 is 27.5 Å². The van der Waals surface area contributed by atoms with E-state index in [4.69, 9.17) is 11.6 Å². The van der Waals surface area contributed by atoms with Crippen LogP contribution in [0, 0.1) is 0 Å². The normalized spacial score (nSPS) is 10.4. The minimum Gasteiger partial charge on any atom is -0.300 e. The number of rotatable bonds is 2. The Bertz CT molecular complexity index is 424. The molecular formula is C9H7BrClN3. The van der Waals surface area contributed by atoms with Crippen molar-refractivity contribution in [3.8, 4) is 0 Å². The van der Waals surface area contributed by atoms with Crippen LogP contribution in [0.4, 0.5) is 0 Å². The zero-order chi connectivity index (χ0) is 9.97. The van der Waals surface area contributed by atoms with Gasteiger partial charge in [-0.3, -0.25) is 4.57 Å². The monoisotopic (exact) mass is 271 g/mol. The predicted octanol–water partition coefficient (Wildman–Crippen LogP) is 2.74. The summed E-state index contributed by atoms with van der Waals surface area (Å²) in [5.74, 6) is 0. The highest BCUT2D eigenvalue weighted by Gasteiger charge is 2.00. The zero-order valence-corrected chi connectivity index (χ0v) is 9.53. The number of hydrogen-bond acceptors (Lipinski definition) is 2. The van der Waals surface area contributed by atoms with E-state index in [0.29, 0.717) is 11.8 Å². The van der Waals surface area contributed by atoms with Crippen molar-refractivity contribution in [2.75, 3.05) is 0 Å². The Hall–Kier alpha value is -0.870. The molecule has 1 heterocycles. The van der Waals surface area contributed by atoms with Gasteiger partial charge in [-0.25, -0.2) is 0 Å². The molecule has 0 unspecified atom stereocenters. The Kier molecular flexibility index (Phi) is 2.84. The SMILES string of the molecule is Clc1nncn1Cc1ccc(Br)cc1. The van der Waals surface area contributed by atoms with Gasteiger partial charge in [-0.05, 0) is 29.3 Å². The lowest BCUT2D eigenvalue weighted by Gasteiger charge is -2.02. The molecule has 1 aromatic heterocycles. The predicted molar refractivity (Wildman–Crippen MR) is 58.3 cm³/mol. The number of halogens is 2. The van der Waals surface area contributed by atoms with Gasteiger partial charge in [0.15, 0.2) is 0 Å². The summed E-state index contributed by atoms with van der Waals surface area (Å²) in [7, 11) is 0. The molecule has 2 aromatic rings. The van der Waals surface area contributed by atoms with E-state index in [1.165, 1.54) is 0 Å². The Balaban J connectivity index is 2.19. The van der Waals surface area contributed by atoms with Crippen LogP contribution in [-0.4, -0.2) is 14.8 Å². The van der Waals surface area contributed by atoms with E-state index in [1.807, 2.05) is 24.3 Å². The van der Waals surface area contributed by atoms with Crippen molar-refractivity contribution < 1.29 is 0 Å². The van der Waals surface area contributed by atoms with Crippen LogP contribution < -0.4 is 0 Å². The Labute approximate surface area is 94.9 Å². The van der Waals surface area contributed by atoms with Gasteiger partial charge in [0.05, 0.1) is 6.54 Å². The van der Waals surface area contributed by atoms with Crippen molar-refractivity contribution >= 4 is 27.5 Å². The number of benzene rings is 1. The minimum atomic E-state index is 0.410. The van der Waals surface area contributed by atoms with E-state index < -0.39 is 0 Å². The average Bonchev–Trinajstić information content (AvgIpc) is 2.56. The van der Waals surface area contributed by atoms with E-state index in [1.54, 1.807) is 10.9 Å². The van der Waals surface area contributed by atoms with Crippen molar-refractivity contribution in [1.29, 1.82) is 0 Å². The van der Waals surface area contributed by atoms with Gasteiger partial charge >= 0.3 is 0 Å². The number of nitrogens with zero attached hydrogens (tertiary/aromatic N) is 3. The first-order chi connectivity index (χ1) is 6.75. The smallest absolute Gasteiger partial charge is 0.225 e. The van der Waals surface area contributed by atoms with Gasteiger partial charge in [-0.1, -0.05) is 28.1 Å². The lowest BCUT2D eigenvalue weighted by Crippen LogP contribution is -1.97. The highest BCUT2D eigenvalue weighted by atomic mass is 79.9. The van der Waals surface area contributed by atoms with Crippen molar-refractivity contribution in [3.63, 3.8) is 0 Å². The third kappa shape index (κ3) is 2.13. The molecule has 0 fully saturated rings. The molecule has 72 valence electrons. The highest BCUT2D eigenvalue weighted by Crippen LogP contribution is 2.12. The Morgan fingerprint density at radius 3 is 2.57 bits per heavy atom. The Morgan fingerprint density at radius 2 is 2.00 bits per heavy atom. The third-order valence-electron chi connectivity index (χ3n) is 1.83. The molecule has 2 rings (SSSR count). The number of hydrogen-bond donors (Lipinski definition) is 0. The summed E-state index contributed by atoms with van der Waals surface area (Å²) in [4.78, 5) is 0. The standard InChI is InChI=1S/C9H7BrClN3/c10-8-3-1-7(2-4-8)5-14-6-12-13-9(14)11/h1-4,6H,5H2. The van der Waals surface area contributed by atoms with Crippen molar-refractivity contribution in [2.45, 2.75) is 6.54 Å². The molecule has 0 atom stereocenters. The third-order valence-corrected chi connectivity index (χ3v) is 2.66. The summed E-state index contributed by atoms with van der Waals surface area (Å²) in [6.45, 7) is 0.694. The molecule has 0 saturated heterocycles. The van der Waals surface area contributed by atoms with Crippen LogP contribution in [0.1, 0.15) is 5.56 Å². The Morgan fingerprint density at radius 1 is 1.29 bits per heavy atom. The van der Waals surface area contributed by atoms with E-state index in [9.17, 15) is 0 Å². The van der Waals surface area contributed by atoms with Gasteiger partial charge in [-0.2, -0.15) is 0 Å². The summed E-state index contributed by atoms with van der Waals surface area (Å²) >= 11 is 9.18. The molecule has 0 saturated carbocycles. The molecule has 14 heavy (non-hydrogen) atoms. The maximum absolute atomic E-state index is 5.80. The second-order valence-electron chi connectivity index (χ2n) is 2.85. The first-order valence-electron chi connectivity index (χ1n) is 4.03. The van der Waals surface area contributed by atoms with Gasteiger partial charge in [0, 0.05) is 4.47 Å². The van der Waals surface area contributed by atoms with Crippen LogP contribution in [-0.2, 0) is 6.54 Å². The largest absolute Gasteiger partial charge is 0.300 e. The van der Waals surface area contributed by atoms with Crippen LogP contribution in [0.2, 0.25) is 5.28 Å². The maximum atomic E-state index is 5.80. The summed E-state index contributed by atoms with van der Waals surface area (Å²) in [5.41, 5.74) is 1.16. The molecule has 0 aliphatic rings. The van der Waals surface area contributed by atoms with Crippen molar-refractivity contribution in [2.24, 2.45) is 0 Å². The molecule has 0 N–H and O–H groups in total. The molecule has 0 spiro atoms. The molecule has 3 nitrogen and oxygen atoms in total. The lowest BCUT2D eigenvalue weighted by atomic mass is 10.2. The fourth-order valence-corrected chi connectivity index (χ4v) is 1.54. The summed E-state index contributed by atoms with van der Waals surface area (Å²) in [6, 6.07) is 8.04. The fraction of sp³-hybridized carbons (Fsp3) is 0.111. The van der Waals surface area contributed by atoms with Crippen molar-refractivity contribution in [3.05, 3.63) is 45.9 Å². The fourth-order valence-electron chi connectivity index (χ4n) is 1.13. The topological polar surface area (TPSA) is 30.7 Å². The van der Waals surface area contributed by atoms with Gasteiger partial charge in [0.2, 0.25) is 5.28 Å². The molecule has 5 heteroatoms. The molecular weight excluding hydrogens is 265 g/mol. The summed E-state index contributed by atoms with van der Waals surface area (Å²) in [5, 5.41) is 7.82. The van der Waals surface area contributed by atoms with Gasteiger partial charge in [0.25, 0.3) is 0 Å². The molecule has 1 aromatic carbocycles. The molecule has 0 aliphatic carbocycles. The first-order valence-corrected chi connectivity index (χ1v) is 5.20. The van der Waals surface area contributed by atoms with E-state index >= 15 is 0 Å². The highest BCUT2D eigenvalue weighted by molar-refractivity contribution is 9.10. The lowest BCUT2D eigenvalue weighted by molar-refractivity contribution is 0.795. The second-order valence-corrected chi connectivity index (χ2v) is 4.11. The van der Waals surface area contributed by atoms with E-state index in [0.717, 1.165) is 10.0 Å². The van der Waals surface area contributed by atoms with Crippen LogP contribution in [0.25, 0.3) is 0 Å². The quantitative estimate of drug-likeness (QED) is 0.841. The maximum Gasteiger partial charge on any atom is 0.225 e. The van der Waals surface area contributed by atoms with Crippen LogP contribution in [0.15, 0.2) is 35.1 Å². The van der Waals surface area contributed by atoms with Gasteiger partial charge < -0.3 is 0 Å². The summed E-state index contributed by atoms with van der Waals surface area (Å²) in [6.07, 6.45) is 1.62. The van der Waals surface area contributed by atoms with E-state index in [2.05, 4.69) is 26.1 Å². The molecule has 0 bridgehead atoms. The van der Waals surface area contributed by atoms with Crippen molar-refractivity contribution in [1.82, 2.24) is 14.8 Å². The van der Waals surface area contributed by atoms with Crippen LogP contribution in [0.3, 0.4) is 0 Å². The number of aromatic nitrogens is 3.